The molecular formula is C17H18N2O. The molecule has 0 fully saturated rings. The Hall–Kier alpha value is -2.26. The number of hydrogen-bond acceptors (Lipinski definition) is 3. The van der Waals surface area contributed by atoms with Gasteiger partial charge in [0, 0.05) is 30.2 Å². The van der Waals surface area contributed by atoms with Crippen LogP contribution in [0.1, 0.15) is 11.3 Å². The third-order valence-electron chi connectivity index (χ3n) is 3.56. The van der Waals surface area contributed by atoms with E-state index in [0.717, 1.165) is 23.3 Å². The summed E-state index contributed by atoms with van der Waals surface area (Å²) < 4.78 is 5.83. The Kier molecular flexibility index (Phi) is 3.44. The van der Waals surface area contributed by atoms with Gasteiger partial charge in [0.05, 0.1) is 6.54 Å². The van der Waals surface area contributed by atoms with Crippen LogP contribution in [0.5, 0.6) is 0 Å². The van der Waals surface area contributed by atoms with Crippen molar-refractivity contribution >= 4 is 16.7 Å². The Morgan fingerprint density at radius 1 is 1.00 bits per heavy atom. The molecule has 1 heterocycles. The minimum atomic E-state index is 0.423. The van der Waals surface area contributed by atoms with E-state index in [9.17, 15) is 0 Å². The summed E-state index contributed by atoms with van der Waals surface area (Å²) >= 11 is 0. The molecule has 3 heteroatoms. The lowest BCUT2D eigenvalue weighted by Crippen LogP contribution is -2.17. The normalized spacial score (nSPS) is 10.9. The summed E-state index contributed by atoms with van der Waals surface area (Å²) in [6, 6.07) is 18.4. The van der Waals surface area contributed by atoms with Crippen molar-refractivity contribution in [2.45, 2.75) is 13.1 Å². The number of anilines is 1. The van der Waals surface area contributed by atoms with Crippen LogP contribution in [0.4, 0.5) is 5.69 Å². The second kappa shape index (κ2) is 5.39. The van der Waals surface area contributed by atoms with Crippen LogP contribution in [-0.2, 0) is 13.1 Å². The van der Waals surface area contributed by atoms with Crippen molar-refractivity contribution in [3.63, 3.8) is 0 Å². The van der Waals surface area contributed by atoms with Gasteiger partial charge < -0.3 is 15.1 Å². The SMILES string of the molecule is CN(Cc1c(CN)oc2ccccc12)c1ccccc1. The van der Waals surface area contributed by atoms with E-state index in [1.54, 1.807) is 0 Å². The van der Waals surface area contributed by atoms with Gasteiger partial charge in [-0.2, -0.15) is 0 Å². The summed E-state index contributed by atoms with van der Waals surface area (Å²) in [6.45, 7) is 1.21. The number of hydrogen-bond donors (Lipinski definition) is 1. The number of nitrogens with two attached hydrogens (primary N) is 1. The molecule has 3 nitrogen and oxygen atoms in total. The van der Waals surface area contributed by atoms with E-state index in [-0.39, 0.29) is 0 Å². The van der Waals surface area contributed by atoms with E-state index >= 15 is 0 Å². The molecule has 3 aromatic rings. The lowest BCUT2D eigenvalue weighted by molar-refractivity contribution is 0.545. The van der Waals surface area contributed by atoms with Crippen LogP contribution in [0.15, 0.2) is 59.0 Å². The maximum Gasteiger partial charge on any atom is 0.134 e. The summed E-state index contributed by atoms with van der Waals surface area (Å²) in [6.07, 6.45) is 0. The first-order valence-corrected chi connectivity index (χ1v) is 6.75. The highest BCUT2D eigenvalue weighted by atomic mass is 16.3. The van der Waals surface area contributed by atoms with Crippen LogP contribution in [0.25, 0.3) is 11.0 Å². The molecule has 0 amide bonds. The zero-order valence-corrected chi connectivity index (χ0v) is 11.5. The summed E-state index contributed by atoms with van der Waals surface area (Å²) in [5.41, 5.74) is 9.08. The maximum atomic E-state index is 5.83. The molecule has 0 aliphatic carbocycles. The predicted molar refractivity (Wildman–Crippen MR) is 82.7 cm³/mol. The van der Waals surface area contributed by atoms with Gasteiger partial charge in [-0.3, -0.25) is 0 Å². The first kappa shape index (κ1) is 12.8. The van der Waals surface area contributed by atoms with Crippen LogP contribution in [-0.4, -0.2) is 7.05 Å². The highest BCUT2D eigenvalue weighted by Gasteiger charge is 2.14. The molecule has 0 saturated carbocycles. The molecule has 0 unspecified atom stereocenters. The van der Waals surface area contributed by atoms with Crippen LogP contribution in [0.3, 0.4) is 0 Å². The van der Waals surface area contributed by atoms with Crippen LogP contribution >= 0.6 is 0 Å². The Morgan fingerprint density at radius 3 is 2.45 bits per heavy atom. The van der Waals surface area contributed by atoms with Gasteiger partial charge in [0.25, 0.3) is 0 Å². The van der Waals surface area contributed by atoms with Crippen molar-refractivity contribution in [3.8, 4) is 0 Å². The second-order valence-electron chi connectivity index (χ2n) is 4.90. The minimum absolute atomic E-state index is 0.423. The second-order valence-corrected chi connectivity index (χ2v) is 4.90. The monoisotopic (exact) mass is 266 g/mol. The van der Waals surface area contributed by atoms with E-state index in [2.05, 4.69) is 30.1 Å². The number of para-hydroxylation sites is 2. The van der Waals surface area contributed by atoms with E-state index in [1.807, 2.05) is 36.4 Å². The third-order valence-corrected chi connectivity index (χ3v) is 3.56. The fraction of sp³-hybridized carbons (Fsp3) is 0.176. The molecule has 2 N–H and O–H groups in total. The minimum Gasteiger partial charge on any atom is -0.459 e. The fourth-order valence-corrected chi connectivity index (χ4v) is 2.50. The van der Waals surface area contributed by atoms with Crippen molar-refractivity contribution in [3.05, 3.63) is 65.9 Å². The molecule has 0 bridgehead atoms. The smallest absolute Gasteiger partial charge is 0.134 e. The molecular weight excluding hydrogens is 248 g/mol. The highest BCUT2D eigenvalue weighted by Crippen LogP contribution is 2.27. The number of benzene rings is 2. The number of rotatable bonds is 4. The Bertz CT molecular complexity index is 703. The average molecular weight is 266 g/mol. The summed E-state index contributed by atoms with van der Waals surface area (Å²) in [5, 5.41) is 1.15. The van der Waals surface area contributed by atoms with E-state index in [1.165, 1.54) is 11.3 Å². The zero-order valence-electron chi connectivity index (χ0n) is 11.5. The van der Waals surface area contributed by atoms with Crippen molar-refractivity contribution in [1.82, 2.24) is 0 Å². The van der Waals surface area contributed by atoms with E-state index in [0.29, 0.717) is 6.54 Å². The number of furan rings is 1. The van der Waals surface area contributed by atoms with Crippen molar-refractivity contribution < 1.29 is 4.42 Å². The number of nitrogens with zero attached hydrogens (tertiary/aromatic N) is 1. The van der Waals surface area contributed by atoms with Crippen molar-refractivity contribution in [2.75, 3.05) is 11.9 Å². The summed E-state index contributed by atoms with van der Waals surface area (Å²) in [5.74, 6) is 0.869. The van der Waals surface area contributed by atoms with Crippen LogP contribution < -0.4 is 10.6 Å². The predicted octanol–water partition coefficient (Wildman–Crippen LogP) is 3.53. The molecule has 20 heavy (non-hydrogen) atoms. The molecule has 1 aromatic heterocycles. The van der Waals surface area contributed by atoms with Crippen molar-refractivity contribution in [1.29, 1.82) is 0 Å². The average Bonchev–Trinajstić information content (AvgIpc) is 2.86. The zero-order chi connectivity index (χ0) is 13.9. The first-order chi connectivity index (χ1) is 9.79. The Morgan fingerprint density at radius 2 is 1.70 bits per heavy atom. The van der Waals surface area contributed by atoms with Gasteiger partial charge in [-0.05, 0) is 18.2 Å². The largest absolute Gasteiger partial charge is 0.459 e. The highest BCUT2D eigenvalue weighted by molar-refractivity contribution is 5.82. The van der Waals surface area contributed by atoms with E-state index in [4.69, 9.17) is 10.2 Å². The molecule has 0 atom stereocenters. The molecule has 0 saturated heterocycles. The molecule has 2 aromatic carbocycles. The fourth-order valence-electron chi connectivity index (χ4n) is 2.50. The van der Waals surface area contributed by atoms with Gasteiger partial charge >= 0.3 is 0 Å². The lowest BCUT2D eigenvalue weighted by Gasteiger charge is -2.19. The Balaban J connectivity index is 1.98. The quantitative estimate of drug-likeness (QED) is 0.785. The maximum absolute atomic E-state index is 5.83. The van der Waals surface area contributed by atoms with Gasteiger partial charge in [-0.15, -0.1) is 0 Å². The van der Waals surface area contributed by atoms with Gasteiger partial charge in [0.1, 0.15) is 11.3 Å². The molecule has 0 aliphatic heterocycles. The van der Waals surface area contributed by atoms with Gasteiger partial charge in [-0.1, -0.05) is 36.4 Å². The van der Waals surface area contributed by atoms with E-state index < -0.39 is 0 Å². The van der Waals surface area contributed by atoms with Gasteiger partial charge in [-0.25, -0.2) is 0 Å². The van der Waals surface area contributed by atoms with Gasteiger partial charge in [0.15, 0.2) is 0 Å². The van der Waals surface area contributed by atoms with Crippen molar-refractivity contribution in [2.24, 2.45) is 5.73 Å². The summed E-state index contributed by atoms with van der Waals surface area (Å²) in [4.78, 5) is 2.20. The third kappa shape index (κ3) is 2.28. The van der Waals surface area contributed by atoms with Crippen LogP contribution in [0, 0.1) is 0 Å². The Labute approximate surface area is 118 Å². The molecule has 102 valence electrons. The molecule has 3 rings (SSSR count). The van der Waals surface area contributed by atoms with Crippen LogP contribution in [0.2, 0.25) is 0 Å². The topological polar surface area (TPSA) is 42.4 Å². The molecule has 0 radical (unpaired) electrons. The number of fused-ring (bicyclic) bond motifs is 1. The first-order valence-electron chi connectivity index (χ1n) is 6.75. The standard InChI is InChI=1S/C17H18N2O/c1-19(13-7-3-2-4-8-13)12-15-14-9-5-6-10-16(14)20-17(15)11-18/h2-10H,11-12,18H2,1H3. The summed E-state index contributed by atoms with van der Waals surface area (Å²) in [7, 11) is 2.08. The molecule has 0 aliphatic rings. The van der Waals surface area contributed by atoms with Gasteiger partial charge in [0.2, 0.25) is 0 Å². The lowest BCUT2D eigenvalue weighted by atomic mass is 10.1. The molecule has 0 spiro atoms.